The monoisotopic (exact) mass is 585 g/mol. The number of carbonyl (C=O) groups excluding carboxylic acids is 1. The molecule has 10 heteroatoms. The highest BCUT2D eigenvalue weighted by Crippen LogP contribution is 2.32. The molecule has 42 heavy (non-hydrogen) atoms. The maximum absolute atomic E-state index is 13.2. The highest BCUT2D eigenvalue weighted by molar-refractivity contribution is 7.14. The summed E-state index contributed by atoms with van der Waals surface area (Å²) < 4.78 is 1.59. The minimum atomic E-state index is -0.127. The van der Waals surface area contributed by atoms with Crippen molar-refractivity contribution >= 4 is 28.6 Å². The van der Waals surface area contributed by atoms with Crippen LogP contribution in [0.5, 0.6) is 0 Å². The van der Waals surface area contributed by atoms with Crippen molar-refractivity contribution in [1.82, 2.24) is 25.2 Å². The summed E-state index contributed by atoms with van der Waals surface area (Å²) in [5, 5.41) is 6.40. The molecule has 3 aliphatic rings. The van der Waals surface area contributed by atoms with Gasteiger partial charge in [-0.05, 0) is 86.7 Å². The molecule has 0 bridgehead atoms. The van der Waals surface area contributed by atoms with Gasteiger partial charge in [-0.15, -0.1) is 11.3 Å². The van der Waals surface area contributed by atoms with Gasteiger partial charge in [-0.2, -0.15) is 0 Å². The molecule has 9 nitrogen and oxygen atoms in total. The highest BCUT2D eigenvalue weighted by atomic mass is 32.1. The van der Waals surface area contributed by atoms with E-state index in [2.05, 4.69) is 44.4 Å². The quantitative estimate of drug-likeness (QED) is 0.333. The third-order valence-electron chi connectivity index (χ3n) is 8.36. The van der Waals surface area contributed by atoms with Crippen molar-refractivity contribution < 1.29 is 4.79 Å². The Kier molecular flexibility index (Phi) is 8.19. The van der Waals surface area contributed by atoms with E-state index in [9.17, 15) is 9.59 Å². The molecular weight excluding hydrogens is 546 g/mol. The number of fused-ring (bicyclic) bond motifs is 1. The molecule has 1 amide bonds. The number of aryl methyl sites for hydroxylation is 3. The number of hydrazine groups is 1. The van der Waals surface area contributed by atoms with Crippen LogP contribution in [0.2, 0.25) is 0 Å². The summed E-state index contributed by atoms with van der Waals surface area (Å²) >= 11 is 1.62. The lowest BCUT2D eigenvalue weighted by atomic mass is 9.99. The first kappa shape index (κ1) is 28.3. The van der Waals surface area contributed by atoms with Crippen molar-refractivity contribution in [3.05, 3.63) is 91.4 Å². The van der Waals surface area contributed by atoms with E-state index in [1.807, 2.05) is 49.5 Å². The van der Waals surface area contributed by atoms with Crippen LogP contribution in [-0.2, 0) is 19.9 Å². The highest BCUT2D eigenvalue weighted by Gasteiger charge is 2.20. The van der Waals surface area contributed by atoms with Crippen LogP contribution >= 0.6 is 11.3 Å². The number of nitrogens with one attached hydrogen (secondary N) is 4. The fourth-order valence-electron chi connectivity index (χ4n) is 5.79. The molecule has 0 atom stereocenters. The minimum Gasteiger partial charge on any atom is -0.336 e. The van der Waals surface area contributed by atoms with Crippen molar-refractivity contribution in [2.24, 2.45) is 7.05 Å². The van der Waals surface area contributed by atoms with Gasteiger partial charge in [-0.3, -0.25) is 19.9 Å². The van der Waals surface area contributed by atoms with Gasteiger partial charge in [0, 0.05) is 67.8 Å². The zero-order chi connectivity index (χ0) is 29.2. The van der Waals surface area contributed by atoms with Gasteiger partial charge in [0.15, 0.2) is 0 Å². The normalized spacial score (nSPS) is 17.4. The average molecular weight is 586 g/mol. The van der Waals surface area contributed by atoms with Crippen molar-refractivity contribution in [2.75, 3.05) is 50.4 Å². The first-order valence-corrected chi connectivity index (χ1v) is 15.5. The van der Waals surface area contributed by atoms with Crippen LogP contribution in [0.15, 0.2) is 65.0 Å². The van der Waals surface area contributed by atoms with E-state index in [0.717, 1.165) is 78.5 Å². The SMILES string of the molecule is Cc1c(NC(=O)c2cc3c(s2)CCCC3)cccc1-c1cc(NC2=CC=C(CN3CCN(C)CC3)NN2)c(=O)n(C)c1. The van der Waals surface area contributed by atoms with Crippen LogP contribution in [0.1, 0.15) is 38.5 Å². The molecule has 2 aromatic heterocycles. The first-order valence-electron chi connectivity index (χ1n) is 14.7. The Hall–Kier alpha value is -3.86. The van der Waals surface area contributed by atoms with Crippen LogP contribution in [0, 0.1) is 6.92 Å². The van der Waals surface area contributed by atoms with Crippen molar-refractivity contribution in [3.8, 4) is 11.1 Å². The Balaban J connectivity index is 1.18. The van der Waals surface area contributed by atoms with Crippen molar-refractivity contribution in [1.29, 1.82) is 0 Å². The number of hydrogen-bond acceptors (Lipinski definition) is 8. The second kappa shape index (κ2) is 12.2. The molecule has 0 radical (unpaired) electrons. The van der Waals surface area contributed by atoms with E-state index in [-0.39, 0.29) is 11.5 Å². The molecule has 4 N–H and O–H groups in total. The van der Waals surface area contributed by atoms with E-state index in [1.165, 1.54) is 23.3 Å². The van der Waals surface area contributed by atoms with Gasteiger partial charge in [0.2, 0.25) is 0 Å². The summed E-state index contributed by atoms with van der Waals surface area (Å²) in [5.41, 5.74) is 12.8. The lowest BCUT2D eigenvalue weighted by Gasteiger charge is -2.33. The topological polar surface area (TPSA) is 93.7 Å². The number of benzene rings is 1. The summed E-state index contributed by atoms with van der Waals surface area (Å²) in [7, 11) is 3.91. The Bertz CT molecular complexity index is 1590. The number of anilines is 2. The number of likely N-dealkylation sites (N-methyl/N-ethyl adjacent to an activating group) is 1. The van der Waals surface area contributed by atoms with Gasteiger partial charge in [-0.25, -0.2) is 0 Å². The molecule has 1 aliphatic carbocycles. The van der Waals surface area contributed by atoms with Crippen LogP contribution in [0.4, 0.5) is 11.4 Å². The third kappa shape index (κ3) is 6.16. The number of thiophene rings is 1. The van der Waals surface area contributed by atoms with E-state index < -0.39 is 0 Å². The van der Waals surface area contributed by atoms with E-state index in [4.69, 9.17) is 0 Å². The second-order valence-electron chi connectivity index (χ2n) is 11.5. The van der Waals surface area contributed by atoms with Gasteiger partial charge >= 0.3 is 0 Å². The molecule has 4 heterocycles. The zero-order valence-corrected chi connectivity index (χ0v) is 25.4. The Morgan fingerprint density at radius 1 is 1.00 bits per heavy atom. The van der Waals surface area contributed by atoms with Crippen LogP contribution < -0.4 is 27.0 Å². The fourth-order valence-corrected chi connectivity index (χ4v) is 6.94. The summed E-state index contributed by atoms with van der Waals surface area (Å²) in [5.74, 6) is 0.628. The predicted molar refractivity (Wildman–Crippen MR) is 171 cm³/mol. The maximum atomic E-state index is 13.2. The zero-order valence-electron chi connectivity index (χ0n) is 24.5. The molecule has 1 saturated heterocycles. The molecular formula is C32H39N7O2S. The van der Waals surface area contributed by atoms with E-state index in [1.54, 1.807) is 23.0 Å². The number of amides is 1. The number of aromatic nitrogens is 1. The molecule has 6 rings (SSSR count). The predicted octanol–water partition coefficient (Wildman–Crippen LogP) is 4.05. The molecule has 1 fully saturated rings. The number of pyridine rings is 1. The van der Waals surface area contributed by atoms with Crippen LogP contribution in [0.25, 0.3) is 11.1 Å². The van der Waals surface area contributed by atoms with Gasteiger partial charge < -0.3 is 25.5 Å². The Morgan fingerprint density at radius 2 is 1.81 bits per heavy atom. The number of piperazine rings is 1. The lowest BCUT2D eigenvalue weighted by molar-refractivity contribution is 0.103. The van der Waals surface area contributed by atoms with Crippen LogP contribution in [-0.4, -0.2) is 60.0 Å². The minimum absolute atomic E-state index is 0.0691. The first-order chi connectivity index (χ1) is 20.3. The maximum Gasteiger partial charge on any atom is 0.274 e. The molecule has 3 aromatic rings. The molecule has 0 spiro atoms. The van der Waals surface area contributed by atoms with Crippen molar-refractivity contribution in [2.45, 2.75) is 32.6 Å². The molecule has 220 valence electrons. The molecule has 0 saturated carbocycles. The van der Waals surface area contributed by atoms with Gasteiger partial charge in [-0.1, -0.05) is 12.1 Å². The number of rotatable bonds is 7. The standard InChI is InChI=1S/C32H39N7O2S/c1-21-25(8-6-9-26(21)34-31(40)29-18-22-7-4-5-10-28(22)42-29)23-17-27(32(41)38(3)19-23)33-30-12-11-24(35-36-30)20-39-15-13-37(2)14-16-39/h6,8-9,11-12,17-19,33,35-36H,4-5,7,10,13-16,20H2,1-3H3,(H,34,40). The summed E-state index contributed by atoms with van der Waals surface area (Å²) in [6, 6.07) is 9.82. The second-order valence-corrected chi connectivity index (χ2v) is 12.6. The number of carbonyl (C=O) groups is 1. The van der Waals surface area contributed by atoms with Crippen molar-refractivity contribution in [3.63, 3.8) is 0 Å². The van der Waals surface area contributed by atoms with E-state index >= 15 is 0 Å². The lowest BCUT2D eigenvalue weighted by Crippen LogP contribution is -2.47. The molecule has 2 aliphatic heterocycles. The number of nitrogens with zero attached hydrogens (tertiary/aromatic N) is 3. The summed E-state index contributed by atoms with van der Waals surface area (Å²) in [6.07, 6.45) is 10.4. The Labute approximate surface area is 250 Å². The largest absolute Gasteiger partial charge is 0.336 e. The summed E-state index contributed by atoms with van der Waals surface area (Å²) in [6.45, 7) is 7.11. The molecule has 0 unspecified atom stereocenters. The fraction of sp³-hybridized carbons (Fsp3) is 0.375. The Morgan fingerprint density at radius 3 is 2.57 bits per heavy atom. The van der Waals surface area contributed by atoms with Gasteiger partial charge in [0.1, 0.15) is 11.5 Å². The summed E-state index contributed by atoms with van der Waals surface area (Å²) in [4.78, 5) is 33.1. The average Bonchev–Trinajstić information content (AvgIpc) is 3.43. The smallest absolute Gasteiger partial charge is 0.274 e. The molecule has 1 aromatic carbocycles. The number of allylic oxidation sites excluding steroid dienone is 2. The van der Waals surface area contributed by atoms with Gasteiger partial charge in [0.25, 0.3) is 11.5 Å². The van der Waals surface area contributed by atoms with Crippen LogP contribution in [0.3, 0.4) is 0 Å². The van der Waals surface area contributed by atoms with E-state index in [0.29, 0.717) is 11.5 Å². The third-order valence-corrected chi connectivity index (χ3v) is 9.60. The van der Waals surface area contributed by atoms with Gasteiger partial charge in [0.05, 0.1) is 4.88 Å². The number of hydrogen-bond donors (Lipinski definition) is 4.